The first-order chi connectivity index (χ1) is 14.0. The van der Waals surface area contributed by atoms with Crippen LogP contribution in [0, 0.1) is 13.8 Å². The Morgan fingerprint density at radius 2 is 1.76 bits per heavy atom. The number of carbonyl (C=O) groups excluding carboxylic acids is 2. The van der Waals surface area contributed by atoms with Crippen molar-refractivity contribution in [1.82, 2.24) is 0 Å². The zero-order valence-electron chi connectivity index (χ0n) is 15.9. The SMILES string of the molecule is Cc1ccc(C)c(N2C(=O)C(SCc3ccco3)=C(c3ccc(Cl)cc3)C2=O)c1. The van der Waals surface area contributed by atoms with Gasteiger partial charge in [-0.25, -0.2) is 4.90 Å². The largest absolute Gasteiger partial charge is 0.468 e. The molecule has 0 saturated carbocycles. The van der Waals surface area contributed by atoms with Gasteiger partial charge >= 0.3 is 0 Å². The van der Waals surface area contributed by atoms with Crippen molar-refractivity contribution in [1.29, 1.82) is 0 Å². The summed E-state index contributed by atoms with van der Waals surface area (Å²) >= 11 is 7.33. The molecule has 0 radical (unpaired) electrons. The van der Waals surface area contributed by atoms with Gasteiger partial charge in [0.05, 0.1) is 28.2 Å². The number of hydrogen-bond acceptors (Lipinski definition) is 4. The van der Waals surface area contributed by atoms with Gasteiger partial charge in [0.1, 0.15) is 5.76 Å². The molecule has 2 aromatic carbocycles. The number of hydrogen-bond donors (Lipinski definition) is 0. The van der Waals surface area contributed by atoms with Crippen LogP contribution in [0.15, 0.2) is 70.2 Å². The molecular weight excluding hydrogens is 406 g/mol. The molecule has 1 aromatic heterocycles. The summed E-state index contributed by atoms with van der Waals surface area (Å²) in [6.07, 6.45) is 1.59. The van der Waals surface area contributed by atoms with Crippen LogP contribution in [0.25, 0.3) is 5.57 Å². The van der Waals surface area contributed by atoms with E-state index in [1.54, 1.807) is 36.6 Å². The molecule has 0 spiro atoms. The van der Waals surface area contributed by atoms with Gasteiger partial charge in [0, 0.05) is 5.02 Å². The lowest BCUT2D eigenvalue weighted by molar-refractivity contribution is -0.119. The fourth-order valence-corrected chi connectivity index (χ4v) is 4.37. The normalized spacial score (nSPS) is 14.2. The van der Waals surface area contributed by atoms with Crippen LogP contribution in [0.4, 0.5) is 5.69 Å². The van der Waals surface area contributed by atoms with E-state index in [1.807, 2.05) is 38.1 Å². The third-order valence-electron chi connectivity index (χ3n) is 4.72. The van der Waals surface area contributed by atoms with Gasteiger partial charge in [0.15, 0.2) is 0 Å². The van der Waals surface area contributed by atoms with Crippen molar-refractivity contribution in [3.05, 3.63) is 93.2 Å². The standard InChI is InChI=1S/C23H18ClNO3S/c1-14-5-6-15(2)19(12-14)25-22(26)20(16-7-9-17(24)10-8-16)21(23(25)27)29-13-18-4-3-11-28-18/h3-12H,13H2,1-2H3. The van der Waals surface area contributed by atoms with Crippen LogP contribution in [0.1, 0.15) is 22.5 Å². The number of halogens is 1. The Balaban J connectivity index is 1.78. The predicted molar refractivity (Wildman–Crippen MR) is 117 cm³/mol. The minimum absolute atomic E-state index is 0.315. The summed E-state index contributed by atoms with van der Waals surface area (Å²) in [7, 11) is 0. The maximum atomic E-state index is 13.4. The minimum Gasteiger partial charge on any atom is -0.468 e. The summed E-state index contributed by atoms with van der Waals surface area (Å²) < 4.78 is 5.39. The highest BCUT2D eigenvalue weighted by Gasteiger charge is 2.40. The Labute approximate surface area is 178 Å². The van der Waals surface area contributed by atoms with E-state index in [1.165, 1.54) is 16.7 Å². The number of rotatable bonds is 5. The Hall–Kier alpha value is -2.76. The monoisotopic (exact) mass is 423 g/mol. The Bertz CT molecular complexity index is 1120. The second-order valence-electron chi connectivity index (χ2n) is 6.81. The average Bonchev–Trinajstić information content (AvgIpc) is 3.30. The molecule has 6 heteroatoms. The van der Waals surface area contributed by atoms with Crippen LogP contribution in [0.3, 0.4) is 0 Å². The van der Waals surface area contributed by atoms with Crippen molar-refractivity contribution >= 4 is 46.4 Å². The highest BCUT2D eigenvalue weighted by atomic mass is 35.5. The lowest BCUT2D eigenvalue weighted by atomic mass is 10.1. The van der Waals surface area contributed by atoms with Crippen molar-refractivity contribution in [2.45, 2.75) is 19.6 Å². The molecule has 1 aliphatic heterocycles. The van der Waals surface area contributed by atoms with Gasteiger partial charge < -0.3 is 4.42 Å². The number of nitrogens with zero attached hydrogens (tertiary/aromatic N) is 1. The van der Waals surface area contributed by atoms with Crippen LogP contribution in [-0.2, 0) is 15.3 Å². The molecule has 3 aromatic rings. The van der Waals surface area contributed by atoms with Crippen LogP contribution < -0.4 is 4.90 Å². The molecule has 2 heterocycles. The quantitative estimate of drug-likeness (QED) is 0.489. The fourth-order valence-electron chi connectivity index (χ4n) is 3.23. The lowest BCUT2D eigenvalue weighted by Crippen LogP contribution is -2.32. The van der Waals surface area contributed by atoms with Crippen molar-refractivity contribution in [3.8, 4) is 0 Å². The minimum atomic E-state index is -0.326. The van der Waals surface area contributed by atoms with E-state index in [9.17, 15) is 9.59 Å². The molecule has 4 rings (SSSR count). The zero-order valence-corrected chi connectivity index (χ0v) is 17.5. The summed E-state index contributed by atoms with van der Waals surface area (Å²) in [5.41, 5.74) is 3.52. The number of carbonyl (C=O) groups is 2. The molecule has 0 fully saturated rings. The van der Waals surface area contributed by atoms with E-state index in [0.717, 1.165) is 16.9 Å². The maximum absolute atomic E-state index is 13.4. The number of benzene rings is 2. The van der Waals surface area contributed by atoms with Crippen molar-refractivity contribution < 1.29 is 14.0 Å². The second kappa shape index (κ2) is 7.93. The number of thioether (sulfide) groups is 1. The van der Waals surface area contributed by atoms with Crippen LogP contribution in [-0.4, -0.2) is 11.8 Å². The first kappa shape index (κ1) is 19.6. The van der Waals surface area contributed by atoms with Crippen LogP contribution >= 0.6 is 23.4 Å². The Kier molecular flexibility index (Phi) is 5.35. The molecule has 0 atom stereocenters. The van der Waals surface area contributed by atoms with Crippen LogP contribution in [0.5, 0.6) is 0 Å². The van der Waals surface area contributed by atoms with Crippen molar-refractivity contribution in [3.63, 3.8) is 0 Å². The highest BCUT2D eigenvalue weighted by Crippen LogP contribution is 2.40. The second-order valence-corrected chi connectivity index (χ2v) is 8.24. The third kappa shape index (κ3) is 3.76. The van der Waals surface area contributed by atoms with Gasteiger partial charge in [-0.05, 0) is 60.9 Å². The molecule has 1 aliphatic rings. The number of anilines is 1. The van der Waals surface area contributed by atoms with E-state index in [-0.39, 0.29) is 11.8 Å². The van der Waals surface area contributed by atoms with Gasteiger partial charge in [0.2, 0.25) is 0 Å². The maximum Gasteiger partial charge on any atom is 0.272 e. The highest BCUT2D eigenvalue weighted by molar-refractivity contribution is 8.03. The Morgan fingerprint density at radius 3 is 2.45 bits per heavy atom. The summed E-state index contributed by atoms with van der Waals surface area (Å²) in [5, 5.41) is 0.572. The van der Waals surface area contributed by atoms with Gasteiger partial charge in [0.25, 0.3) is 11.8 Å². The van der Waals surface area contributed by atoms with E-state index in [4.69, 9.17) is 16.0 Å². The number of amides is 2. The molecule has 146 valence electrons. The first-order valence-electron chi connectivity index (χ1n) is 9.07. The molecule has 2 amide bonds. The molecular formula is C23H18ClNO3S. The summed E-state index contributed by atoms with van der Waals surface area (Å²) in [6, 6.07) is 16.4. The van der Waals surface area contributed by atoms with E-state index in [2.05, 4.69) is 0 Å². The number of furan rings is 1. The number of aryl methyl sites for hydroxylation is 2. The smallest absolute Gasteiger partial charge is 0.272 e. The van der Waals surface area contributed by atoms with E-state index >= 15 is 0 Å². The molecule has 4 nitrogen and oxygen atoms in total. The van der Waals surface area contributed by atoms with Gasteiger partial charge in [-0.1, -0.05) is 35.9 Å². The predicted octanol–water partition coefficient (Wildman–Crippen LogP) is 5.77. The summed E-state index contributed by atoms with van der Waals surface area (Å²) in [4.78, 5) is 28.5. The molecule has 0 bridgehead atoms. The third-order valence-corrected chi connectivity index (χ3v) is 6.07. The Morgan fingerprint density at radius 1 is 1.00 bits per heavy atom. The average molecular weight is 424 g/mol. The molecule has 0 unspecified atom stereocenters. The molecule has 0 N–H and O–H groups in total. The van der Waals surface area contributed by atoms with Crippen molar-refractivity contribution in [2.24, 2.45) is 0 Å². The van der Waals surface area contributed by atoms with Gasteiger partial charge in [-0.15, -0.1) is 11.8 Å². The molecule has 0 saturated heterocycles. The van der Waals surface area contributed by atoms with Crippen LogP contribution in [0.2, 0.25) is 5.02 Å². The zero-order chi connectivity index (χ0) is 20.5. The van der Waals surface area contributed by atoms with E-state index in [0.29, 0.717) is 32.5 Å². The molecule has 29 heavy (non-hydrogen) atoms. The van der Waals surface area contributed by atoms with Gasteiger partial charge in [-0.2, -0.15) is 0 Å². The first-order valence-corrected chi connectivity index (χ1v) is 10.4. The topological polar surface area (TPSA) is 50.5 Å². The summed E-state index contributed by atoms with van der Waals surface area (Å²) in [5.74, 6) is 0.556. The molecule has 0 aliphatic carbocycles. The summed E-state index contributed by atoms with van der Waals surface area (Å²) in [6.45, 7) is 3.83. The number of imide groups is 1. The van der Waals surface area contributed by atoms with E-state index < -0.39 is 0 Å². The fraction of sp³-hybridized carbons (Fsp3) is 0.130. The van der Waals surface area contributed by atoms with Gasteiger partial charge in [-0.3, -0.25) is 9.59 Å². The van der Waals surface area contributed by atoms with Crippen molar-refractivity contribution in [2.75, 3.05) is 4.90 Å². The lowest BCUT2D eigenvalue weighted by Gasteiger charge is -2.18.